The second-order valence-corrected chi connectivity index (χ2v) is 10.5. The number of carboxylic acid groups (broad SMARTS) is 1. The molecule has 4 nitrogen and oxygen atoms in total. The lowest BCUT2D eigenvalue weighted by Crippen LogP contribution is -2.28. The van der Waals surface area contributed by atoms with Crippen LogP contribution in [0.1, 0.15) is 73.1 Å². The van der Waals surface area contributed by atoms with Crippen molar-refractivity contribution in [3.63, 3.8) is 0 Å². The minimum Gasteiger partial charge on any atom is -0.493 e. The highest BCUT2D eigenvalue weighted by atomic mass is 32.2. The molecule has 1 aliphatic heterocycles. The summed E-state index contributed by atoms with van der Waals surface area (Å²) in [6.45, 7) is 5.22. The normalized spacial score (nSPS) is 14.1. The molecule has 0 aliphatic carbocycles. The molecule has 3 rings (SSSR count). The first-order valence-electron chi connectivity index (χ1n) is 10.8. The van der Waals surface area contributed by atoms with Gasteiger partial charge >= 0.3 is 5.97 Å². The van der Waals surface area contributed by atoms with Gasteiger partial charge in [-0.1, -0.05) is 32.6 Å². The van der Waals surface area contributed by atoms with Gasteiger partial charge in [-0.2, -0.15) is 0 Å². The Bertz CT molecular complexity index is 937. The number of benzene rings is 1. The SMILES string of the molecule is CCCCSC1(SCCCC)CCOc2ccc(C#Cc3ccc(C(=O)O)cn3)cc21. The van der Waals surface area contributed by atoms with Crippen LogP contribution in [0.3, 0.4) is 0 Å². The first-order chi connectivity index (χ1) is 15.1. The highest BCUT2D eigenvalue weighted by molar-refractivity contribution is 8.17. The molecule has 0 spiro atoms. The topological polar surface area (TPSA) is 59.4 Å². The van der Waals surface area contributed by atoms with Gasteiger partial charge in [0.05, 0.1) is 16.2 Å². The van der Waals surface area contributed by atoms with Crippen molar-refractivity contribution in [2.75, 3.05) is 18.1 Å². The van der Waals surface area contributed by atoms with Crippen LogP contribution < -0.4 is 4.74 Å². The molecule has 1 aliphatic rings. The third-order valence-corrected chi connectivity index (χ3v) is 8.56. The molecule has 1 aromatic carbocycles. The van der Waals surface area contributed by atoms with E-state index in [0.29, 0.717) is 5.69 Å². The molecule has 2 heterocycles. The van der Waals surface area contributed by atoms with Crippen LogP contribution in [0.4, 0.5) is 0 Å². The number of unbranched alkanes of at least 4 members (excludes halogenated alkanes) is 2. The Hall–Kier alpha value is -2.10. The van der Waals surface area contributed by atoms with Crippen LogP contribution in [0.2, 0.25) is 0 Å². The van der Waals surface area contributed by atoms with Crippen molar-refractivity contribution >= 4 is 29.5 Å². The number of fused-ring (bicyclic) bond motifs is 1. The summed E-state index contributed by atoms with van der Waals surface area (Å²) in [6, 6.07) is 9.37. The summed E-state index contributed by atoms with van der Waals surface area (Å²) in [5, 5.41) is 9.01. The number of rotatable bonds is 9. The maximum Gasteiger partial charge on any atom is 0.337 e. The molecular formula is C25H29NO3S2. The smallest absolute Gasteiger partial charge is 0.337 e. The molecule has 2 aromatic rings. The van der Waals surface area contributed by atoms with Gasteiger partial charge in [0, 0.05) is 23.7 Å². The van der Waals surface area contributed by atoms with Crippen molar-refractivity contribution in [2.45, 2.75) is 50.0 Å². The standard InChI is InChI=1S/C25H29NO3S2/c1-3-5-15-30-25(31-16-6-4-2)13-14-29-23-12-8-19(17-22(23)25)7-10-21-11-9-20(18-26-21)24(27)28/h8-9,11-12,17-18H,3-6,13-16H2,1-2H3,(H,27,28). The summed E-state index contributed by atoms with van der Waals surface area (Å²) in [7, 11) is 0. The van der Waals surface area contributed by atoms with Crippen LogP contribution in [0, 0.1) is 11.8 Å². The Morgan fingerprint density at radius 3 is 2.48 bits per heavy atom. The first kappa shape index (κ1) is 23.6. The fourth-order valence-electron chi connectivity index (χ4n) is 3.30. The molecule has 31 heavy (non-hydrogen) atoms. The minimum absolute atomic E-state index is 0.0109. The summed E-state index contributed by atoms with van der Waals surface area (Å²) >= 11 is 4.11. The lowest BCUT2D eigenvalue weighted by Gasteiger charge is -2.38. The lowest BCUT2D eigenvalue weighted by atomic mass is 10.0. The Balaban J connectivity index is 1.88. The average Bonchev–Trinajstić information content (AvgIpc) is 2.78. The molecule has 0 amide bonds. The van der Waals surface area contributed by atoms with Gasteiger partial charge in [0.2, 0.25) is 0 Å². The number of hydrogen-bond donors (Lipinski definition) is 1. The molecule has 0 radical (unpaired) electrons. The van der Waals surface area contributed by atoms with Crippen molar-refractivity contribution < 1.29 is 14.6 Å². The fraction of sp³-hybridized carbons (Fsp3) is 0.440. The summed E-state index contributed by atoms with van der Waals surface area (Å²) in [4.78, 5) is 15.1. The van der Waals surface area contributed by atoms with E-state index in [9.17, 15) is 4.79 Å². The zero-order valence-electron chi connectivity index (χ0n) is 18.1. The third-order valence-electron chi connectivity index (χ3n) is 5.09. The van der Waals surface area contributed by atoms with Gasteiger partial charge in [0.25, 0.3) is 0 Å². The molecular weight excluding hydrogens is 426 g/mol. The summed E-state index contributed by atoms with van der Waals surface area (Å²) in [5.41, 5.74) is 2.88. The monoisotopic (exact) mass is 455 g/mol. The zero-order valence-corrected chi connectivity index (χ0v) is 19.8. The predicted octanol–water partition coefficient (Wildman–Crippen LogP) is 6.18. The minimum atomic E-state index is -0.987. The first-order valence-corrected chi connectivity index (χ1v) is 12.8. The number of carbonyl (C=O) groups is 1. The van der Waals surface area contributed by atoms with Gasteiger partial charge in [-0.15, -0.1) is 23.5 Å². The number of aromatic nitrogens is 1. The molecule has 0 atom stereocenters. The van der Waals surface area contributed by atoms with Crippen LogP contribution in [-0.4, -0.2) is 34.2 Å². The summed E-state index contributed by atoms with van der Waals surface area (Å²) < 4.78 is 6.01. The molecule has 1 aromatic heterocycles. The Kier molecular flexibility index (Phi) is 8.74. The zero-order chi connectivity index (χ0) is 22.1. The summed E-state index contributed by atoms with van der Waals surface area (Å²) in [5.74, 6) is 8.52. The quantitative estimate of drug-likeness (QED) is 0.277. The Morgan fingerprint density at radius 2 is 1.87 bits per heavy atom. The maximum atomic E-state index is 11.0. The van der Waals surface area contributed by atoms with Crippen molar-refractivity contribution in [1.29, 1.82) is 0 Å². The van der Waals surface area contributed by atoms with Gasteiger partial charge in [-0.05, 0) is 60.6 Å². The Labute approximate surface area is 193 Å². The molecule has 0 saturated carbocycles. The lowest BCUT2D eigenvalue weighted by molar-refractivity contribution is 0.0696. The van der Waals surface area contributed by atoms with Crippen molar-refractivity contribution in [3.8, 4) is 17.6 Å². The molecule has 6 heteroatoms. The number of carboxylic acids is 1. The largest absolute Gasteiger partial charge is 0.493 e. The van der Waals surface area contributed by atoms with Gasteiger partial charge < -0.3 is 9.84 Å². The van der Waals surface area contributed by atoms with Gasteiger partial charge in [0.1, 0.15) is 11.4 Å². The fourth-order valence-corrected chi connectivity index (χ4v) is 6.74. The van der Waals surface area contributed by atoms with Crippen molar-refractivity contribution in [3.05, 3.63) is 58.9 Å². The van der Waals surface area contributed by atoms with E-state index in [2.05, 4.69) is 60.3 Å². The van der Waals surface area contributed by atoms with Crippen LogP contribution in [0.5, 0.6) is 5.75 Å². The average molecular weight is 456 g/mol. The number of thioether (sulfide) groups is 2. The second kappa shape index (κ2) is 11.5. The van der Waals surface area contributed by atoms with Crippen molar-refractivity contribution in [2.24, 2.45) is 0 Å². The number of aromatic carboxylic acids is 1. The number of nitrogens with zero attached hydrogens (tertiary/aromatic N) is 1. The summed E-state index contributed by atoms with van der Waals surface area (Å²) in [6.07, 6.45) is 7.17. The van der Waals surface area contributed by atoms with E-state index >= 15 is 0 Å². The molecule has 0 saturated heterocycles. The van der Waals surface area contributed by atoms with Crippen LogP contribution in [0.25, 0.3) is 0 Å². The van der Waals surface area contributed by atoms with E-state index in [1.54, 1.807) is 6.07 Å². The van der Waals surface area contributed by atoms with E-state index in [4.69, 9.17) is 9.84 Å². The second-order valence-electron chi connectivity index (χ2n) is 7.45. The van der Waals surface area contributed by atoms with Gasteiger partial charge in [-0.3, -0.25) is 0 Å². The third kappa shape index (κ3) is 6.21. The van der Waals surface area contributed by atoms with Crippen LogP contribution in [0.15, 0.2) is 36.5 Å². The number of pyridine rings is 1. The van der Waals surface area contributed by atoms with Gasteiger partial charge in [-0.25, -0.2) is 9.78 Å². The maximum absolute atomic E-state index is 11.0. The highest BCUT2D eigenvalue weighted by Gasteiger charge is 2.38. The van der Waals surface area contributed by atoms with E-state index in [0.717, 1.165) is 35.8 Å². The van der Waals surface area contributed by atoms with E-state index in [1.807, 2.05) is 12.1 Å². The number of ether oxygens (including phenoxy) is 1. The number of hydrogen-bond acceptors (Lipinski definition) is 5. The van der Waals surface area contributed by atoms with E-state index < -0.39 is 5.97 Å². The molecule has 164 valence electrons. The van der Waals surface area contributed by atoms with Crippen LogP contribution >= 0.6 is 23.5 Å². The van der Waals surface area contributed by atoms with Gasteiger partial charge in [0.15, 0.2) is 0 Å². The molecule has 0 fully saturated rings. The van der Waals surface area contributed by atoms with E-state index in [-0.39, 0.29) is 9.64 Å². The Morgan fingerprint density at radius 1 is 1.13 bits per heavy atom. The van der Waals surface area contributed by atoms with Crippen LogP contribution in [-0.2, 0) is 4.08 Å². The molecule has 0 bridgehead atoms. The highest BCUT2D eigenvalue weighted by Crippen LogP contribution is 2.55. The molecule has 1 N–H and O–H groups in total. The van der Waals surface area contributed by atoms with Crippen molar-refractivity contribution in [1.82, 2.24) is 4.98 Å². The molecule has 0 unspecified atom stereocenters. The predicted molar refractivity (Wildman–Crippen MR) is 130 cm³/mol. The van der Waals surface area contributed by atoms with E-state index in [1.165, 1.54) is 43.5 Å².